The third-order valence-electron chi connectivity index (χ3n) is 2.94. The maximum Gasteiger partial charge on any atom is 0.160 e. The summed E-state index contributed by atoms with van der Waals surface area (Å²) in [6, 6.07) is 3.95. The molecule has 104 valence electrons. The molecule has 2 aromatic rings. The summed E-state index contributed by atoms with van der Waals surface area (Å²) in [5.41, 5.74) is 2.79. The lowest BCUT2D eigenvalue weighted by Crippen LogP contribution is -2.08. The largest absolute Gasteiger partial charge is 0.313 e. The molecule has 0 bridgehead atoms. The maximum atomic E-state index is 11.2. The van der Waals surface area contributed by atoms with Gasteiger partial charge in [0.2, 0.25) is 0 Å². The first-order valence-corrected chi connectivity index (χ1v) is 8.56. The molecule has 0 saturated heterocycles. The molecule has 0 fully saturated rings. The first-order valence-electron chi connectivity index (χ1n) is 6.30. The quantitative estimate of drug-likeness (QED) is 0.769. The Morgan fingerprint density at radius 2 is 2.16 bits per heavy atom. The van der Waals surface area contributed by atoms with E-state index in [2.05, 4.69) is 14.5 Å². The van der Waals surface area contributed by atoms with Crippen LogP contribution in [0.5, 0.6) is 0 Å². The number of alkyl halides is 1. The van der Waals surface area contributed by atoms with E-state index in [0.717, 1.165) is 42.1 Å². The third kappa shape index (κ3) is 3.54. The lowest BCUT2D eigenvalue weighted by Gasteiger charge is -2.07. The summed E-state index contributed by atoms with van der Waals surface area (Å²) in [7, 11) is -0.756. The second kappa shape index (κ2) is 6.48. The number of rotatable bonds is 6. The normalized spacial score (nSPS) is 13.0. The zero-order valence-electron chi connectivity index (χ0n) is 11.2. The van der Waals surface area contributed by atoms with Gasteiger partial charge in [-0.1, -0.05) is 0 Å². The van der Waals surface area contributed by atoms with Gasteiger partial charge in [-0.2, -0.15) is 0 Å². The fraction of sp³-hybridized carbons (Fsp3) is 0.538. The van der Waals surface area contributed by atoms with Gasteiger partial charge in [0.1, 0.15) is 11.3 Å². The third-order valence-corrected chi connectivity index (χ3v) is 3.99. The molecule has 0 spiro atoms. The zero-order valence-corrected chi connectivity index (χ0v) is 12.8. The predicted molar refractivity (Wildman–Crippen MR) is 80.2 cm³/mol. The first-order chi connectivity index (χ1) is 9.11. The Morgan fingerprint density at radius 3 is 2.84 bits per heavy atom. The fourth-order valence-corrected chi connectivity index (χ4v) is 2.78. The van der Waals surface area contributed by atoms with E-state index in [9.17, 15) is 4.21 Å². The second-order valence-electron chi connectivity index (χ2n) is 4.54. The molecule has 2 rings (SSSR count). The average Bonchev–Trinajstić information content (AvgIpc) is 2.67. The molecule has 0 aromatic carbocycles. The van der Waals surface area contributed by atoms with Crippen LogP contribution in [0.3, 0.4) is 0 Å². The molecule has 6 heteroatoms. The average molecular weight is 300 g/mol. The molecule has 1 unspecified atom stereocenters. The number of fused-ring (bicyclic) bond motifs is 1. The summed E-state index contributed by atoms with van der Waals surface area (Å²) in [5, 5.41) is 0. The lowest BCUT2D eigenvalue weighted by atomic mass is 10.3. The minimum Gasteiger partial charge on any atom is -0.313 e. The molecule has 0 aliphatic carbocycles. The van der Waals surface area contributed by atoms with Crippen molar-refractivity contribution in [3.8, 4) is 0 Å². The molecule has 2 aromatic heterocycles. The van der Waals surface area contributed by atoms with Crippen molar-refractivity contribution in [2.75, 3.05) is 17.9 Å². The van der Waals surface area contributed by atoms with Crippen molar-refractivity contribution < 1.29 is 4.21 Å². The lowest BCUT2D eigenvalue weighted by molar-refractivity contribution is 0.646. The number of aryl methyl sites for hydroxylation is 3. The Labute approximate surface area is 120 Å². The van der Waals surface area contributed by atoms with Gasteiger partial charge in [0.05, 0.1) is 0 Å². The SMILES string of the molecule is Cc1ccc2nc(CCCl)n(CCCS(C)=O)c2n1. The second-order valence-corrected chi connectivity index (χ2v) is 6.48. The van der Waals surface area contributed by atoms with E-state index >= 15 is 0 Å². The molecular weight excluding hydrogens is 282 g/mol. The molecule has 4 nitrogen and oxygen atoms in total. The van der Waals surface area contributed by atoms with Crippen LogP contribution in [-0.2, 0) is 23.8 Å². The number of pyridine rings is 1. The number of nitrogens with zero attached hydrogens (tertiary/aromatic N) is 3. The van der Waals surface area contributed by atoms with Gasteiger partial charge < -0.3 is 4.57 Å². The molecule has 0 aliphatic heterocycles. The van der Waals surface area contributed by atoms with Gasteiger partial charge in [-0.3, -0.25) is 4.21 Å². The molecule has 0 N–H and O–H groups in total. The highest BCUT2D eigenvalue weighted by atomic mass is 35.5. The Hall–Kier alpha value is -0.940. The van der Waals surface area contributed by atoms with Gasteiger partial charge in [0.25, 0.3) is 0 Å². The monoisotopic (exact) mass is 299 g/mol. The van der Waals surface area contributed by atoms with Crippen LogP contribution in [0.15, 0.2) is 12.1 Å². The summed E-state index contributed by atoms with van der Waals surface area (Å²) in [6.07, 6.45) is 3.32. The molecule has 0 radical (unpaired) electrons. The number of imidazole rings is 1. The van der Waals surface area contributed by atoms with Gasteiger partial charge >= 0.3 is 0 Å². The van der Waals surface area contributed by atoms with Crippen molar-refractivity contribution >= 4 is 33.6 Å². The maximum absolute atomic E-state index is 11.2. The van der Waals surface area contributed by atoms with Gasteiger partial charge in [-0.25, -0.2) is 9.97 Å². The fourth-order valence-electron chi connectivity index (χ4n) is 2.08. The molecule has 0 aliphatic rings. The highest BCUT2D eigenvalue weighted by molar-refractivity contribution is 7.84. The van der Waals surface area contributed by atoms with Gasteiger partial charge in [-0.05, 0) is 25.5 Å². The van der Waals surface area contributed by atoms with Gasteiger partial charge in [0.15, 0.2) is 5.65 Å². The summed E-state index contributed by atoms with van der Waals surface area (Å²) < 4.78 is 13.3. The van der Waals surface area contributed by atoms with Crippen LogP contribution in [-0.4, -0.2) is 36.6 Å². The van der Waals surface area contributed by atoms with E-state index in [1.165, 1.54) is 0 Å². The van der Waals surface area contributed by atoms with Crippen LogP contribution >= 0.6 is 11.6 Å². The standard InChI is InChI=1S/C13H18ClN3OS/c1-10-4-5-11-13(15-10)17(8-3-9-19(2)18)12(16-11)6-7-14/h4-5H,3,6-9H2,1-2H3. The number of aromatic nitrogens is 3. The topological polar surface area (TPSA) is 47.8 Å². The zero-order chi connectivity index (χ0) is 13.8. The van der Waals surface area contributed by atoms with Crippen molar-refractivity contribution in [2.24, 2.45) is 0 Å². The van der Waals surface area contributed by atoms with Crippen molar-refractivity contribution in [1.82, 2.24) is 14.5 Å². The van der Waals surface area contributed by atoms with Crippen molar-refractivity contribution in [1.29, 1.82) is 0 Å². The minimum absolute atomic E-state index is 0.544. The Morgan fingerprint density at radius 1 is 1.37 bits per heavy atom. The van der Waals surface area contributed by atoms with E-state index in [1.807, 2.05) is 19.1 Å². The van der Waals surface area contributed by atoms with Gasteiger partial charge in [-0.15, -0.1) is 11.6 Å². The number of hydrogen-bond donors (Lipinski definition) is 0. The molecular formula is C13H18ClN3OS. The number of halogens is 1. The smallest absolute Gasteiger partial charge is 0.160 e. The molecule has 19 heavy (non-hydrogen) atoms. The summed E-state index contributed by atoms with van der Waals surface area (Å²) in [5.74, 6) is 2.21. The van der Waals surface area contributed by atoms with E-state index in [1.54, 1.807) is 6.26 Å². The van der Waals surface area contributed by atoms with E-state index in [4.69, 9.17) is 11.6 Å². The van der Waals surface area contributed by atoms with E-state index < -0.39 is 10.8 Å². The minimum atomic E-state index is -0.756. The van der Waals surface area contributed by atoms with Crippen LogP contribution in [0.2, 0.25) is 0 Å². The van der Waals surface area contributed by atoms with Crippen LogP contribution < -0.4 is 0 Å². The highest BCUT2D eigenvalue weighted by Gasteiger charge is 2.11. The molecule has 0 saturated carbocycles. The van der Waals surface area contributed by atoms with Crippen LogP contribution in [0.1, 0.15) is 17.9 Å². The van der Waals surface area contributed by atoms with E-state index in [-0.39, 0.29) is 0 Å². The Kier molecular flexibility index (Phi) is 4.93. The summed E-state index contributed by atoms with van der Waals surface area (Å²) in [4.78, 5) is 9.14. The van der Waals surface area contributed by atoms with Crippen molar-refractivity contribution in [3.63, 3.8) is 0 Å². The number of hydrogen-bond acceptors (Lipinski definition) is 3. The van der Waals surface area contributed by atoms with Crippen molar-refractivity contribution in [3.05, 3.63) is 23.7 Å². The summed E-state index contributed by atoms with van der Waals surface area (Å²) in [6.45, 7) is 2.76. The first kappa shape index (κ1) is 14.5. The van der Waals surface area contributed by atoms with E-state index in [0.29, 0.717) is 11.6 Å². The molecule has 0 amide bonds. The van der Waals surface area contributed by atoms with Crippen LogP contribution in [0, 0.1) is 6.92 Å². The summed E-state index contributed by atoms with van der Waals surface area (Å²) >= 11 is 5.83. The Bertz CT molecular complexity index is 597. The van der Waals surface area contributed by atoms with Gasteiger partial charge in [0, 0.05) is 47.3 Å². The van der Waals surface area contributed by atoms with Crippen LogP contribution in [0.25, 0.3) is 11.2 Å². The molecule has 1 atom stereocenters. The van der Waals surface area contributed by atoms with Crippen LogP contribution in [0.4, 0.5) is 0 Å². The predicted octanol–water partition coefficient (Wildman–Crippen LogP) is 2.29. The Balaban J connectivity index is 2.33. The molecule has 2 heterocycles. The highest BCUT2D eigenvalue weighted by Crippen LogP contribution is 2.16. The van der Waals surface area contributed by atoms with Crippen molar-refractivity contribution in [2.45, 2.75) is 26.3 Å².